The quantitative estimate of drug-likeness (QED) is 0.427. The second-order valence-electron chi connectivity index (χ2n) is 5.73. The van der Waals surface area contributed by atoms with Crippen LogP contribution < -0.4 is 0 Å². The Labute approximate surface area is 124 Å². The van der Waals surface area contributed by atoms with Gasteiger partial charge in [0.1, 0.15) is 5.60 Å². The SMILES string of the molecule is CC/C=C\C/C=C\CC(C)(C)OC(=O)OCC(C)CC. The monoisotopic (exact) mass is 282 g/mol. The van der Waals surface area contributed by atoms with Crippen molar-refractivity contribution in [1.29, 1.82) is 0 Å². The highest BCUT2D eigenvalue weighted by molar-refractivity contribution is 5.60. The van der Waals surface area contributed by atoms with Crippen molar-refractivity contribution in [2.75, 3.05) is 6.61 Å². The summed E-state index contributed by atoms with van der Waals surface area (Å²) in [6.07, 6.45) is 11.5. The predicted molar refractivity (Wildman–Crippen MR) is 83.8 cm³/mol. The molecular formula is C17H30O3. The summed E-state index contributed by atoms with van der Waals surface area (Å²) in [5, 5.41) is 0. The van der Waals surface area contributed by atoms with E-state index in [1.807, 2.05) is 26.8 Å². The van der Waals surface area contributed by atoms with Gasteiger partial charge in [0.2, 0.25) is 0 Å². The van der Waals surface area contributed by atoms with Crippen LogP contribution in [0.4, 0.5) is 4.79 Å². The van der Waals surface area contributed by atoms with E-state index in [-0.39, 0.29) is 0 Å². The van der Waals surface area contributed by atoms with E-state index in [1.165, 1.54) is 0 Å². The lowest BCUT2D eigenvalue weighted by atomic mass is 10.0. The summed E-state index contributed by atoms with van der Waals surface area (Å²) in [6.45, 7) is 10.4. The maximum atomic E-state index is 11.6. The Morgan fingerprint density at radius 3 is 2.40 bits per heavy atom. The Morgan fingerprint density at radius 2 is 1.80 bits per heavy atom. The molecule has 0 aliphatic heterocycles. The number of allylic oxidation sites excluding steroid dienone is 3. The molecule has 0 spiro atoms. The van der Waals surface area contributed by atoms with Crippen molar-refractivity contribution < 1.29 is 14.3 Å². The zero-order chi connectivity index (χ0) is 15.4. The maximum absolute atomic E-state index is 11.6. The fourth-order valence-electron chi connectivity index (χ4n) is 1.43. The van der Waals surface area contributed by atoms with Crippen LogP contribution in [0.3, 0.4) is 0 Å². The summed E-state index contributed by atoms with van der Waals surface area (Å²) in [6, 6.07) is 0. The zero-order valence-corrected chi connectivity index (χ0v) is 13.6. The largest absolute Gasteiger partial charge is 0.508 e. The molecule has 1 unspecified atom stereocenters. The Kier molecular flexibility index (Phi) is 9.87. The molecule has 0 N–H and O–H groups in total. The van der Waals surface area contributed by atoms with Crippen molar-refractivity contribution in [3.63, 3.8) is 0 Å². The van der Waals surface area contributed by atoms with Crippen LogP contribution >= 0.6 is 0 Å². The molecule has 0 amide bonds. The van der Waals surface area contributed by atoms with Crippen LogP contribution in [-0.4, -0.2) is 18.4 Å². The molecular weight excluding hydrogens is 252 g/mol. The number of carbonyl (C=O) groups excluding carboxylic acids is 1. The van der Waals surface area contributed by atoms with E-state index in [4.69, 9.17) is 9.47 Å². The molecule has 20 heavy (non-hydrogen) atoms. The molecule has 0 aromatic rings. The highest BCUT2D eigenvalue weighted by atomic mass is 16.7. The van der Waals surface area contributed by atoms with Crippen LogP contribution in [0, 0.1) is 5.92 Å². The van der Waals surface area contributed by atoms with Crippen molar-refractivity contribution in [1.82, 2.24) is 0 Å². The second kappa shape index (κ2) is 10.5. The molecule has 0 saturated carbocycles. The molecule has 0 fully saturated rings. The lowest BCUT2D eigenvalue weighted by Crippen LogP contribution is -2.28. The third-order valence-electron chi connectivity index (χ3n) is 2.99. The predicted octanol–water partition coefficient (Wildman–Crippen LogP) is 5.27. The third kappa shape index (κ3) is 10.7. The van der Waals surface area contributed by atoms with Gasteiger partial charge in [-0.15, -0.1) is 0 Å². The van der Waals surface area contributed by atoms with Crippen molar-refractivity contribution in [3.8, 4) is 0 Å². The summed E-state index contributed by atoms with van der Waals surface area (Å²) < 4.78 is 10.4. The standard InChI is InChI=1S/C17H30O3/c1-6-8-9-10-11-12-13-17(4,5)20-16(18)19-14-15(3)7-2/h8-9,11-12,15H,6-7,10,13-14H2,1-5H3/b9-8-,12-11-. The smallest absolute Gasteiger partial charge is 0.434 e. The first kappa shape index (κ1) is 18.8. The Balaban J connectivity index is 3.98. The minimum absolute atomic E-state index is 0.371. The average molecular weight is 282 g/mol. The molecule has 0 saturated heterocycles. The van der Waals surface area contributed by atoms with Gasteiger partial charge < -0.3 is 9.47 Å². The first-order valence-corrected chi connectivity index (χ1v) is 7.57. The van der Waals surface area contributed by atoms with Crippen molar-refractivity contribution in [2.45, 2.75) is 65.9 Å². The normalized spacial score (nSPS) is 13.8. The van der Waals surface area contributed by atoms with Crippen LogP contribution in [0.25, 0.3) is 0 Å². The number of ether oxygens (including phenoxy) is 2. The van der Waals surface area contributed by atoms with Crippen LogP contribution in [0.5, 0.6) is 0 Å². The van der Waals surface area contributed by atoms with Gasteiger partial charge in [-0.2, -0.15) is 0 Å². The van der Waals surface area contributed by atoms with E-state index in [0.29, 0.717) is 18.9 Å². The van der Waals surface area contributed by atoms with Crippen molar-refractivity contribution in [2.24, 2.45) is 5.92 Å². The molecule has 0 aromatic carbocycles. The molecule has 0 radical (unpaired) electrons. The Morgan fingerprint density at radius 1 is 1.15 bits per heavy atom. The third-order valence-corrected chi connectivity index (χ3v) is 2.99. The van der Waals surface area contributed by atoms with Gasteiger partial charge in [-0.3, -0.25) is 0 Å². The maximum Gasteiger partial charge on any atom is 0.508 e. The molecule has 3 nitrogen and oxygen atoms in total. The van der Waals surface area contributed by atoms with Gasteiger partial charge in [0.25, 0.3) is 0 Å². The number of hydrogen-bond acceptors (Lipinski definition) is 3. The van der Waals surface area contributed by atoms with E-state index in [1.54, 1.807) is 0 Å². The van der Waals surface area contributed by atoms with E-state index in [2.05, 4.69) is 32.1 Å². The lowest BCUT2D eigenvalue weighted by Gasteiger charge is -2.23. The number of carbonyl (C=O) groups is 1. The summed E-state index contributed by atoms with van der Waals surface area (Å²) >= 11 is 0. The Bertz CT molecular complexity index is 316. The highest BCUT2D eigenvalue weighted by Gasteiger charge is 2.22. The zero-order valence-electron chi connectivity index (χ0n) is 13.6. The average Bonchev–Trinajstić information content (AvgIpc) is 2.39. The fourth-order valence-corrected chi connectivity index (χ4v) is 1.43. The van der Waals surface area contributed by atoms with Gasteiger partial charge in [-0.05, 0) is 32.6 Å². The summed E-state index contributed by atoms with van der Waals surface area (Å²) in [5.74, 6) is 0.371. The molecule has 0 aliphatic rings. The van der Waals surface area contributed by atoms with Gasteiger partial charge in [0, 0.05) is 6.42 Å². The van der Waals surface area contributed by atoms with E-state index in [0.717, 1.165) is 19.3 Å². The van der Waals surface area contributed by atoms with Crippen LogP contribution in [0.15, 0.2) is 24.3 Å². The molecule has 0 aliphatic carbocycles. The van der Waals surface area contributed by atoms with Crippen molar-refractivity contribution in [3.05, 3.63) is 24.3 Å². The van der Waals surface area contributed by atoms with Gasteiger partial charge in [-0.1, -0.05) is 51.5 Å². The van der Waals surface area contributed by atoms with E-state index in [9.17, 15) is 4.79 Å². The minimum atomic E-state index is -0.574. The topological polar surface area (TPSA) is 35.5 Å². The number of rotatable bonds is 9. The summed E-state index contributed by atoms with van der Waals surface area (Å²) in [5.41, 5.74) is -0.530. The van der Waals surface area contributed by atoms with E-state index < -0.39 is 11.8 Å². The van der Waals surface area contributed by atoms with Gasteiger partial charge in [-0.25, -0.2) is 4.79 Å². The molecule has 0 rings (SSSR count). The molecule has 1 atom stereocenters. The van der Waals surface area contributed by atoms with Crippen LogP contribution in [0.2, 0.25) is 0 Å². The molecule has 0 aromatic heterocycles. The van der Waals surface area contributed by atoms with Crippen LogP contribution in [-0.2, 0) is 9.47 Å². The second-order valence-corrected chi connectivity index (χ2v) is 5.73. The van der Waals surface area contributed by atoms with Gasteiger partial charge >= 0.3 is 6.16 Å². The first-order chi connectivity index (χ1) is 9.41. The fraction of sp³-hybridized carbons (Fsp3) is 0.706. The first-order valence-electron chi connectivity index (χ1n) is 7.57. The van der Waals surface area contributed by atoms with Crippen LogP contribution in [0.1, 0.15) is 60.3 Å². The van der Waals surface area contributed by atoms with Gasteiger partial charge in [0.05, 0.1) is 6.61 Å². The molecule has 3 heteroatoms. The van der Waals surface area contributed by atoms with Gasteiger partial charge in [0.15, 0.2) is 0 Å². The Hall–Kier alpha value is -1.25. The summed E-state index contributed by atoms with van der Waals surface area (Å²) in [4.78, 5) is 11.6. The van der Waals surface area contributed by atoms with Crippen molar-refractivity contribution >= 4 is 6.16 Å². The molecule has 0 heterocycles. The molecule has 0 bridgehead atoms. The number of hydrogen-bond donors (Lipinski definition) is 0. The highest BCUT2D eigenvalue weighted by Crippen LogP contribution is 2.17. The molecule has 116 valence electrons. The minimum Gasteiger partial charge on any atom is -0.434 e. The van der Waals surface area contributed by atoms with E-state index >= 15 is 0 Å². The summed E-state index contributed by atoms with van der Waals surface area (Å²) in [7, 11) is 0. The lowest BCUT2D eigenvalue weighted by molar-refractivity contribution is -0.0196.